The number of hydrogen-bond donors (Lipinski definition) is 0. The molecule has 172 valence electrons. The van der Waals surface area contributed by atoms with Crippen LogP contribution >= 0.6 is 11.6 Å². The van der Waals surface area contributed by atoms with Crippen LogP contribution in [-0.4, -0.2) is 61.2 Å². The summed E-state index contributed by atoms with van der Waals surface area (Å²) in [5, 5.41) is 0.406. The maximum absolute atomic E-state index is 12.3. The van der Waals surface area contributed by atoms with Crippen LogP contribution in [0.25, 0.3) is 0 Å². The first-order chi connectivity index (χ1) is 14.4. The summed E-state index contributed by atoms with van der Waals surface area (Å²) in [5.74, 6) is 1.78. The molecule has 0 spiro atoms. The number of likely N-dealkylation sites (tertiary alicyclic amines) is 1. The van der Waals surface area contributed by atoms with E-state index in [0.29, 0.717) is 34.8 Å². The SMILES string of the molecule is CN(C)C(=O)c1ccc(OCC2(C)CC2C2CCN(C(=O)OC(C)(C)C)CC2)cc1Cl. The third-order valence-corrected chi connectivity index (χ3v) is 6.64. The van der Waals surface area contributed by atoms with Crippen LogP contribution < -0.4 is 4.74 Å². The van der Waals surface area contributed by atoms with Crippen molar-refractivity contribution < 1.29 is 19.1 Å². The molecule has 1 saturated carbocycles. The van der Waals surface area contributed by atoms with Gasteiger partial charge in [0.1, 0.15) is 11.4 Å². The number of ether oxygens (including phenoxy) is 2. The summed E-state index contributed by atoms with van der Waals surface area (Å²) in [4.78, 5) is 27.7. The molecule has 1 aromatic carbocycles. The number of amides is 2. The maximum Gasteiger partial charge on any atom is 0.410 e. The lowest BCUT2D eigenvalue weighted by molar-refractivity contribution is 0.0168. The Bertz CT molecular complexity index is 827. The fraction of sp³-hybridized carbons (Fsp3) is 0.667. The summed E-state index contributed by atoms with van der Waals surface area (Å²) >= 11 is 6.29. The van der Waals surface area contributed by atoms with Crippen molar-refractivity contribution in [1.82, 2.24) is 9.80 Å². The molecular formula is C24H35ClN2O4. The van der Waals surface area contributed by atoms with Gasteiger partial charge in [-0.15, -0.1) is 0 Å². The molecule has 1 aromatic rings. The normalized spacial score (nSPS) is 24.0. The quantitative estimate of drug-likeness (QED) is 0.626. The smallest absolute Gasteiger partial charge is 0.410 e. The van der Waals surface area contributed by atoms with E-state index in [0.717, 1.165) is 32.4 Å². The van der Waals surface area contributed by atoms with E-state index in [1.807, 2.05) is 31.7 Å². The predicted octanol–water partition coefficient (Wildman–Crippen LogP) is 5.09. The van der Waals surface area contributed by atoms with E-state index < -0.39 is 5.60 Å². The monoisotopic (exact) mass is 450 g/mol. The molecule has 1 aliphatic heterocycles. The highest BCUT2D eigenvalue weighted by Crippen LogP contribution is 2.58. The lowest BCUT2D eigenvalue weighted by atomic mass is 9.88. The first-order valence-electron chi connectivity index (χ1n) is 11.0. The lowest BCUT2D eigenvalue weighted by Gasteiger charge is -2.34. The van der Waals surface area contributed by atoms with Gasteiger partial charge in [0.2, 0.25) is 0 Å². The second kappa shape index (κ2) is 8.89. The van der Waals surface area contributed by atoms with E-state index in [4.69, 9.17) is 21.1 Å². The lowest BCUT2D eigenvalue weighted by Crippen LogP contribution is -2.42. The van der Waals surface area contributed by atoms with Crippen molar-refractivity contribution in [2.75, 3.05) is 33.8 Å². The molecule has 1 aliphatic carbocycles. The molecule has 1 heterocycles. The van der Waals surface area contributed by atoms with Crippen molar-refractivity contribution in [3.05, 3.63) is 28.8 Å². The first kappa shape index (κ1) is 23.7. The van der Waals surface area contributed by atoms with E-state index in [1.54, 1.807) is 26.2 Å². The number of nitrogens with zero attached hydrogens (tertiary/aromatic N) is 2. The number of halogens is 1. The van der Waals surface area contributed by atoms with E-state index in [-0.39, 0.29) is 17.4 Å². The summed E-state index contributed by atoms with van der Waals surface area (Å²) < 4.78 is 11.5. The van der Waals surface area contributed by atoms with Crippen molar-refractivity contribution in [3.63, 3.8) is 0 Å². The van der Waals surface area contributed by atoms with Gasteiger partial charge in [0, 0.05) is 32.6 Å². The van der Waals surface area contributed by atoms with Crippen molar-refractivity contribution in [2.45, 2.75) is 52.6 Å². The minimum Gasteiger partial charge on any atom is -0.493 e. The number of piperidine rings is 1. The predicted molar refractivity (Wildman–Crippen MR) is 122 cm³/mol. The number of rotatable bonds is 5. The van der Waals surface area contributed by atoms with Gasteiger partial charge in [0.25, 0.3) is 5.91 Å². The number of benzene rings is 1. The Labute approximate surface area is 190 Å². The zero-order chi connectivity index (χ0) is 23.0. The molecule has 0 N–H and O–H groups in total. The highest BCUT2D eigenvalue weighted by Gasteiger charge is 2.54. The average molecular weight is 451 g/mol. The Morgan fingerprint density at radius 2 is 1.87 bits per heavy atom. The van der Waals surface area contributed by atoms with Gasteiger partial charge < -0.3 is 19.3 Å². The van der Waals surface area contributed by atoms with Gasteiger partial charge in [0.05, 0.1) is 17.2 Å². The van der Waals surface area contributed by atoms with Gasteiger partial charge in [0.15, 0.2) is 0 Å². The molecule has 0 bridgehead atoms. The molecule has 2 atom stereocenters. The van der Waals surface area contributed by atoms with E-state index in [9.17, 15) is 9.59 Å². The van der Waals surface area contributed by atoms with E-state index in [1.165, 1.54) is 4.90 Å². The van der Waals surface area contributed by atoms with Crippen LogP contribution in [0, 0.1) is 17.3 Å². The van der Waals surface area contributed by atoms with Crippen molar-refractivity contribution in [1.29, 1.82) is 0 Å². The van der Waals surface area contributed by atoms with Crippen LogP contribution in [0.5, 0.6) is 5.75 Å². The summed E-state index contributed by atoms with van der Waals surface area (Å²) in [6.45, 7) is 10.1. The Morgan fingerprint density at radius 1 is 1.23 bits per heavy atom. The van der Waals surface area contributed by atoms with Crippen LogP contribution in [0.3, 0.4) is 0 Å². The Kier molecular flexibility index (Phi) is 6.80. The molecule has 0 radical (unpaired) electrons. The van der Waals surface area contributed by atoms with Crippen molar-refractivity contribution in [3.8, 4) is 5.75 Å². The fourth-order valence-electron chi connectivity index (χ4n) is 4.40. The largest absolute Gasteiger partial charge is 0.493 e. The molecule has 2 aliphatic rings. The van der Waals surface area contributed by atoms with Gasteiger partial charge in [-0.1, -0.05) is 18.5 Å². The minimum absolute atomic E-state index is 0.122. The molecule has 6 nitrogen and oxygen atoms in total. The zero-order valence-electron chi connectivity index (χ0n) is 19.5. The fourth-order valence-corrected chi connectivity index (χ4v) is 4.66. The van der Waals surface area contributed by atoms with Gasteiger partial charge >= 0.3 is 6.09 Å². The first-order valence-corrected chi connectivity index (χ1v) is 11.4. The molecule has 0 aromatic heterocycles. The molecule has 2 unspecified atom stereocenters. The minimum atomic E-state index is -0.457. The van der Waals surface area contributed by atoms with Gasteiger partial charge in [-0.3, -0.25) is 4.79 Å². The van der Waals surface area contributed by atoms with Gasteiger partial charge in [-0.2, -0.15) is 0 Å². The molecule has 7 heteroatoms. The molecule has 31 heavy (non-hydrogen) atoms. The zero-order valence-corrected chi connectivity index (χ0v) is 20.3. The molecule has 2 fully saturated rings. The second-order valence-electron chi connectivity index (χ2n) is 10.4. The van der Waals surface area contributed by atoms with Gasteiger partial charge in [-0.25, -0.2) is 4.79 Å². The molecular weight excluding hydrogens is 416 g/mol. The highest BCUT2D eigenvalue weighted by atomic mass is 35.5. The summed E-state index contributed by atoms with van der Waals surface area (Å²) in [6.07, 6.45) is 2.94. The molecule has 3 rings (SSSR count). The summed E-state index contributed by atoms with van der Waals surface area (Å²) in [7, 11) is 3.41. The number of carbonyl (C=O) groups is 2. The van der Waals surface area contributed by atoms with Crippen LogP contribution in [0.1, 0.15) is 57.3 Å². The van der Waals surface area contributed by atoms with Crippen molar-refractivity contribution >= 4 is 23.6 Å². The number of carbonyl (C=O) groups excluding carboxylic acids is 2. The number of hydrogen-bond acceptors (Lipinski definition) is 4. The maximum atomic E-state index is 12.3. The van der Waals surface area contributed by atoms with Crippen LogP contribution in [0.4, 0.5) is 4.79 Å². The Morgan fingerprint density at radius 3 is 2.42 bits per heavy atom. The standard InChI is InChI=1S/C24H35ClN2O4/c1-23(2,3)31-22(29)27-11-9-16(10-12-27)19-14-24(19,4)15-30-17-7-8-18(20(25)13-17)21(28)26(5)6/h7-8,13,16,19H,9-12,14-15H2,1-6H3. The van der Waals surface area contributed by atoms with Gasteiger partial charge in [-0.05, 0) is 70.1 Å². The van der Waals surface area contributed by atoms with Crippen molar-refractivity contribution in [2.24, 2.45) is 17.3 Å². The van der Waals surface area contributed by atoms with Crippen LogP contribution in [-0.2, 0) is 4.74 Å². The second-order valence-corrected chi connectivity index (χ2v) is 10.8. The highest BCUT2D eigenvalue weighted by molar-refractivity contribution is 6.34. The summed E-state index contributed by atoms with van der Waals surface area (Å²) in [5.41, 5.74) is 0.163. The molecule has 2 amide bonds. The Hall–Kier alpha value is -1.95. The summed E-state index contributed by atoms with van der Waals surface area (Å²) in [6, 6.07) is 5.25. The topological polar surface area (TPSA) is 59.1 Å². The third-order valence-electron chi connectivity index (χ3n) is 6.33. The molecule has 1 saturated heterocycles. The Balaban J connectivity index is 1.48. The van der Waals surface area contributed by atoms with E-state index >= 15 is 0 Å². The van der Waals surface area contributed by atoms with Crippen LogP contribution in [0.2, 0.25) is 5.02 Å². The van der Waals surface area contributed by atoms with Crippen LogP contribution in [0.15, 0.2) is 18.2 Å². The van der Waals surface area contributed by atoms with E-state index in [2.05, 4.69) is 6.92 Å². The third kappa shape index (κ3) is 5.85. The average Bonchev–Trinajstić information content (AvgIpc) is 3.36.